The van der Waals surface area contributed by atoms with Crippen LogP contribution in [0.4, 0.5) is 0 Å². The lowest BCUT2D eigenvalue weighted by atomic mass is 10.1. The maximum atomic E-state index is 12.6. The number of esters is 1. The summed E-state index contributed by atoms with van der Waals surface area (Å²) in [6, 6.07) is 15.7. The highest BCUT2D eigenvalue weighted by Gasteiger charge is 2.32. The first-order chi connectivity index (χ1) is 13.3. The number of hydrogen-bond donors (Lipinski definition) is 0. The summed E-state index contributed by atoms with van der Waals surface area (Å²) in [5, 5.41) is 7.69. The van der Waals surface area contributed by atoms with Gasteiger partial charge in [-0.2, -0.15) is 5.10 Å². The number of aromatic nitrogens is 3. The van der Waals surface area contributed by atoms with Crippen molar-refractivity contribution in [3.05, 3.63) is 65.2 Å². The van der Waals surface area contributed by atoms with E-state index in [1.807, 2.05) is 58.6 Å². The van der Waals surface area contributed by atoms with Gasteiger partial charge >= 0.3 is 5.97 Å². The third kappa shape index (κ3) is 2.73. The van der Waals surface area contributed by atoms with Crippen LogP contribution in [0.3, 0.4) is 0 Å². The Kier molecular flexibility index (Phi) is 3.79. The van der Waals surface area contributed by atoms with Gasteiger partial charge in [0.05, 0.1) is 40.0 Å². The van der Waals surface area contributed by atoms with Crippen LogP contribution in [-0.2, 0) is 4.74 Å². The third-order valence-electron chi connectivity index (χ3n) is 4.81. The van der Waals surface area contributed by atoms with Gasteiger partial charge in [-0.15, -0.1) is 11.3 Å². The van der Waals surface area contributed by atoms with Crippen LogP contribution in [0.15, 0.2) is 53.9 Å². The molecular formula is C21H17N3O2S. The third-order valence-corrected chi connectivity index (χ3v) is 5.70. The van der Waals surface area contributed by atoms with Gasteiger partial charge in [0, 0.05) is 5.92 Å². The zero-order valence-electron chi connectivity index (χ0n) is 14.8. The van der Waals surface area contributed by atoms with Crippen LogP contribution in [0.25, 0.3) is 27.3 Å². The predicted octanol–water partition coefficient (Wildman–Crippen LogP) is 4.81. The fourth-order valence-corrected chi connectivity index (χ4v) is 4.04. The lowest BCUT2D eigenvalue weighted by Crippen LogP contribution is -2.05. The molecule has 0 bridgehead atoms. The van der Waals surface area contributed by atoms with E-state index in [0.717, 1.165) is 40.2 Å². The SMILES string of the molecule is COC(=O)c1cc(-c2cccs2)nc2c1c(C1CC1)nn2-c1ccccc1. The van der Waals surface area contributed by atoms with E-state index in [4.69, 9.17) is 14.8 Å². The summed E-state index contributed by atoms with van der Waals surface area (Å²) in [6.45, 7) is 0. The van der Waals surface area contributed by atoms with E-state index in [-0.39, 0.29) is 5.97 Å². The number of nitrogens with zero attached hydrogens (tertiary/aromatic N) is 3. The van der Waals surface area contributed by atoms with Crippen LogP contribution in [0.5, 0.6) is 0 Å². The number of fused-ring (bicyclic) bond motifs is 1. The van der Waals surface area contributed by atoms with Crippen molar-refractivity contribution in [1.82, 2.24) is 14.8 Å². The van der Waals surface area contributed by atoms with E-state index in [9.17, 15) is 4.79 Å². The van der Waals surface area contributed by atoms with Gasteiger partial charge in [0.15, 0.2) is 5.65 Å². The monoisotopic (exact) mass is 375 g/mol. The number of para-hydroxylation sites is 1. The van der Waals surface area contributed by atoms with Crippen molar-refractivity contribution in [3.8, 4) is 16.3 Å². The first-order valence-electron chi connectivity index (χ1n) is 8.87. The standard InChI is InChI=1S/C21H17N3O2S/c1-26-21(25)15-12-16(17-8-5-11-27-17)22-20-18(15)19(13-9-10-13)23-24(20)14-6-3-2-4-7-14/h2-8,11-13H,9-10H2,1H3. The molecule has 6 heteroatoms. The molecule has 1 aliphatic rings. The summed E-state index contributed by atoms with van der Waals surface area (Å²) in [5.41, 5.74) is 3.88. The van der Waals surface area contributed by atoms with Gasteiger partial charge in [0.1, 0.15) is 0 Å². The first-order valence-corrected chi connectivity index (χ1v) is 9.75. The number of hydrogen-bond acceptors (Lipinski definition) is 5. The number of ether oxygens (including phenoxy) is 1. The van der Waals surface area contributed by atoms with E-state index >= 15 is 0 Å². The van der Waals surface area contributed by atoms with Crippen LogP contribution in [0.2, 0.25) is 0 Å². The molecule has 0 radical (unpaired) electrons. The highest BCUT2D eigenvalue weighted by Crippen LogP contribution is 2.44. The molecule has 3 heterocycles. The second-order valence-corrected chi connectivity index (χ2v) is 7.58. The molecule has 1 saturated carbocycles. The van der Waals surface area contributed by atoms with Crippen LogP contribution >= 0.6 is 11.3 Å². The van der Waals surface area contributed by atoms with Crippen LogP contribution in [0.1, 0.15) is 34.8 Å². The highest BCUT2D eigenvalue weighted by atomic mass is 32.1. The molecule has 1 aliphatic carbocycles. The molecule has 27 heavy (non-hydrogen) atoms. The average Bonchev–Trinajstić information content (AvgIpc) is 3.27. The number of carbonyl (C=O) groups is 1. The molecule has 0 N–H and O–H groups in total. The fraction of sp³-hybridized carbons (Fsp3) is 0.190. The maximum Gasteiger partial charge on any atom is 0.338 e. The van der Waals surface area contributed by atoms with Crippen molar-refractivity contribution in [2.75, 3.05) is 7.11 Å². The summed E-state index contributed by atoms with van der Waals surface area (Å²) in [6.07, 6.45) is 2.18. The summed E-state index contributed by atoms with van der Waals surface area (Å²) in [7, 11) is 1.41. The van der Waals surface area contributed by atoms with Crippen LogP contribution in [0, 0.1) is 0 Å². The van der Waals surface area contributed by atoms with E-state index < -0.39 is 0 Å². The number of rotatable bonds is 4. The zero-order chi connectivity index (χ0) is 18.4. The topological polar surface area (TPSA) is 57.0 Å². The Morgan fingerprint density at radius 3 is 2.67 bits per heavy atom. The van der Waals surface area contributed by atoms with Gasteiger partial charge < -0.3 is 4.74 Å². The minimum absolute atomic E-state index is 0.352. The van der Waals surface area contributed by atoms with Crippen molar-refractivity contribution in [2.45, 2.75) is 18.8 Å². The zero-order valence-corrected chi connectivity index (χ0v) is 15.6. The Labute approximate surface area is 160 Å². The molecule has 5 nitrogen and oxygen atoms in total. The Hall–Kier alpha value is -2.99. The second-order valence-electron chi connectivity index (χ2n) is 6.63. The van der Waals surface area contributed by atoms with Crippen LogP contribution < -0.4 is 0 Å². The highest BCUT2D eigenvalue weighted by molar-refractivity contribution is 7.13. The smallest absolute Gasteiger partial charge is 0.338 e. The van der Waals surface area contributed by atoms with Gasteiger partial charge in [-0.3, -0.25) is 0 Å². The van der Waals surface area contributed by atoms with Crippen molar-refractivity contribution < 1.29 is 9.53 Å². The summed E-state index contributed by atoms with van der Waals surface area (Å²) in [4.78, 5) is 18.5. The molecule has 134 valence electrons. The second kappa shape index (κ2) is 6.32. The quantitative estimate of drug-likeness (QED) is 0.480. The molecule has 0 saturated heterocycles. The van der Waals surface area contributed by atoms with E-state index in [1.54, 1.807) is 11.3 Å². The van der Waals surface area contributed by atoms with E-state index in [1.165, 1.54) is 7.11 Å². The van der Waals surface area contributed by atoms with Crippen molar-refractivity contribution in [1.29, 1.82) is 0 Å². The Balaban J connectivity index is 1.86. The van der Waals surface area contributed by atoms with E-state index in [0.29, 0.717) is 17.1 Å². The molecular weight excluding hydrogens is 358 g/mol. The molecule has 0 atom stereocenters. The minimum atomic E-state index is -0.352. The average molecular weight is 375 g/mol. The maximum absolute atomic E-state index is 12.6. The largest absolute Gasteiger partial charge is 0.465 e. The lowest BCUT2D eigenvalue weighted by molar-refractivity contribution is 0.0603. The molecule has 5 rings (SSSR count). The van der Waals surface area contributed by atoms with Gasteiger partial charge in [0.25, 0.3) is 0 Å². The van der Waals surface area contributed by atoms with Gasteiger partial charge in [-0.05, 0) is 42.5 Å². The number of carbonyl (C=O) groups excluding carboxylic acids is 1. The number of thiophene rings is 1. The van der Waals surface area contributed by atoms with E-state index in [2.05, 4.69) is 0 Å². The Morgan fingerprint density at radius 1 is 1.19 bits per heavy atom. The van der Waals surface area contributed by atoms with Gasteiger partial charge in [-0.1, -0.05) is 24.3 Å². The summed E-state index contributed by atoms with van der Waals surface area (Å²) in [5.74, 6) is 0.0324. The van der Waals surface area contributed by atoms with Crippen molar-refractivity contribution >= 4 is 28.3 Å². The molecule has 0 amide bonds. The summed E-state index contributed by atoms with van der Waals surface area (Å²) < 4.78 is 6.94. The lowest BCUT2D eigenvalue weighted by Gasteiger charge is -2.07. The fourth-order valence-electron chi connectivity index (χ4n) is 3.36. The number of benzene rings is 1. The minimum Gasteiger partial charge on any atom is -0.465 e. The molecule has 0 aliphatic heterocycles. The van der Waals surface area contributed by atoms with Crippen LogP contribution in [-0.4, -0.2) is 27.8 Å². The molecule has 4 aromatic rings. The number of methoxy groups -OCH3 is 1. The number of pyridine rings is 1. The first kappa shape index (κ1) is 16.2. The molecule has 3 aromatic heterocycles. The molecule has 1 aromatic carbocycles. The van der Waals surface area contributed by atoms with Gasteiger partial charge in [-0.25, -0.2) is 14.5 Å². The molecule has 1 fully saturated rings. The predicted molar refractivity (Wildman–Crippen MR) is 105 cm³/mol. The molecule has 0 spiro atoms. The van der Waals surface area contributed by atoms with Gasteiger partial charge in [0.2, 0.25) is 0 Å². The summed E-state index contributed by atoms with van der Waals surface area (Å²) >= 11 is 1.60. The Morgan fingerprint density at radius 2 is 2.00 bits per heavy atom. The van der Waals surface area contributed by atoms with Crippen molar-refractivity contribution in [3.63, 3.8) is 0 Å². The Bertz CT molecular complexity index is 1130. The normalized spacial score (nSPS) is 13.8. The molecule has 0 unspecified atom stereocenters. The van der Waals surface area contributed by atoms with Crippen molar-refractivity contribution in [2.24, 2.45) is 0 Å².